The van der Waals surface area contributed by atoms with Gasteiger partial charge in [-0.05, 0) is 103 Å². The molecule has 2 saturated heterocycles. The maximum absolute atomic E-state index is 12.3. The zero-order valence-electron chi connectivity index (χ0n) is 38.8. The number of nitrogens with one attached hydrogen (secondary N) is 2. The second kappa shape index (κ2) is 23.2. The number of benzene rings is 2. The number of aromatic nitrogens is 2. The number of ether oxygens (including phenoxy) is 7. The average Bonchev–Trinajstić information content (AvgIpc) is 3.23. The molecule has 2 aromatic heterocycles. The molecule has 17 nitrogen and oxygen atoms in total. The number of amides is 2. The standard InChI is InChI=1S/C24H30N2O6.C23H28N2O6.Li.H2O/c1-16(25-22(28)32-23(2,3)4)19-9-8-18-7-6-17(14-20(18)26-19)10-11-24(21(27)29-5)15-30-12-13-31-24;1-15(24-21(28)31-22(2,3)4)18-8-7-17-6-5-16(13-19(17)25-18)9-10-23(20(26)27)14-29-11-12-30-23;;/h6-11,14,16H,12-13,15H2,1-5H3,(H,25,28);5-10,13,15H,11-12,14H2,1-4H3,(H,24,28)(H,26,27);;1H2/q;;+1;/p-1/b11-10+;10-9+;;/t16-,24?;15-,23?;;/m11../s1. The third-order valence-electron chi connectivity index (χ3n) is 9.62. The minimum atomic E-state index is -1.49. The normalized spacial score (nSPS) is 19.7. The van der Waals surface area contributed by atoms with Crippen molar-refractivity contribution in [2.75, 3.05) is 46.8 Å². The van der Waals surface area contributed by atoms with Crippen molar-refractivity contribution in [3.05, 3.63) is 95.3 Å². The molecule has 0 spiro atoms. The first kappa shape index (κ1) is 54.0. The van der Waals surface area contributed by atoms with E-state index in [0.29, 0.717) is 31.2 Å². The number of carbonyl (C=O) groups excluding carboxylic acids is 3. The van der Waals surface area contributed by atoms with Crippen LogP contribution in [-0.4, -0.2) is 114 Å². The molecule has 0 saturated carbocycles. The van der Waals surface area contributed by atoms with E-state index < -0.39 is 46.5 Å². The number of pyridine rings is 2. The van der Waals surface area contributed by atoms with Crippen molar-refractivity contribution in [1.82, 2.24) is 20.6 Å². The zero-order valence-corrected chi connectivity index (χ0v) is 38.8. The van der Waals surface area contributed by atoms with Gasteiger partial charge in [-0.15, -0.1) is 0 Å². The third-order valence-corrected chi connectivity index (χ3v) is 9.62. The van der Waals surface area contributed by atoms with E-state index in [1.807, 2.05) is 95.3 Å². The molecule has 0 bridgehead atoms. The van der Waals surface area contributed by atoms with Gasteiger partial charge in [0, 0.05) is 10.8 Å². The molecule has 65 heavy (non-hydrogen) atoms. The van der Waals surface area contributed by atoms with Gasteiger partial charge in [0.1, 0.15) is 11.2 Å². The van der Waals surface area contributed by atoms with Gasteiger partial charge in [-0.1, -0.05) is 48.6 Å². The summed E-state index contributed by atoms with van der Waals surface area (Å²) in [5.74, 6) is -1.59. The fraction of sp³-hybridized carbons (Fsp3) is 0.447. The number of hydrogen-bond donors (Lipinski definition) is 3. The van der Waals surface area contributed by atoms with Crippen LogP contribution in [0.2, 0.25) is 0 Å². The maximum Gasteiger partial charge on any atom is 1.00 e. The van der Waals surface area contributed by atoms with Crippen LogP contribution < -0.4 is 29.5 Å². The van der Waals surface area contributed by atoms with E-state index >= 15 is 0 Å². The van der Waals surface area contributed by atoms with E-state index in [0.717, 1.165) is 32.9 Å². The van der Waals surface area contributed by atoms with E-state index in [1.54, 1.807) is 39.0 Å². The Morgan fingerprint density at radius 2 is 1.08 bits per heavy atom. The number of carbonyl (C=O) groups is 4. The van der Waals surface area contributed by atoms with Crippen LogP contribution in [0.25, 0.3) is 34.0 Å². The van der Waals surface area contributed by atoms with Crippen LogP contribution in [0.4, 0.5) is 9.59 Å². The van der Waals surface area contributed by atoms with Gasteiger partial charge in [0.2, 0.25) is 11.2 Å². The molecular formula is C47H59LiN4O13. The van der Waals surface area contributed by atoms with Crippen molar-refractivity contribution in [3.63, 3.8) is 0 Å². The number of fused-ring (bicyclic) bond motifs is 2. The van der Waals surface area contributed by atoms with Crippen LogP contribution in [0.1, 0.15) is 90.0 Å². The first-order valence-electron chi connectivity index (χ1n) is 20.6. The van der Waals surface area contributed by atoms with Crippen LogP contribution >= 0.6 is 0 Å². The van der Waals surface area contributed by atoms with Crippen LogP contribution in [0.3, 0.4) is 0 Å². The largest absolute Gasteiger partial charge is 1.00 e. The monoisotopic (exact) mass is 894 g/mol. The summed E-state index contributed by atoms with van der Waals surface area (Å²) < 4.78 is 37.4. The van der Waals surface area contributed by atoms with Crippen LogP contribution in [-0.2, 0) is 42.7 Å². The summed E-state index contributed by atoms with van der Waals surface area (Å²) in [6.45, 7) is 15.9. The number of esters is 1. The molecule has 2 amide bonds. The van der Waals surface area contributed by atoms with Gasteiger partial charge in [0.25, 0.3) is 0 Å². The number of nitrogens with zero attached hydrogens (tertiary/aromatic N) is 2. The zero-order chi connectivity index (χ0) is 46.0. The Bertz CT molecular complexity index is 2330. The van der Waals surface area contributed by atoms with Crippen molar-refractivity contribution in [2.24, 2.45) is 0 Å². The molecule has 2 unspecified atom stereocenters. The molecule has 2 aliphatic rings. The van der Waals surface area contributed by atoms with E-state index in [2.05, 4.69) is 15.6 Å². The van der Waals surface area contributed by atoms with Gasteiger partial charge in [0.15, 0.2) is 0 Å². The molecule has 346 valence electrons. The first-order valence-corrected chi connectivity index (χ1v) is 20.6. The van der Waals surface area contributed by atoms with Crippen molar-refractivity contribution >= 4 is 58.1 Å². The summed E-state index contributed by atoms with van der Waals surface area (Å²) >= 11 is 0. The SMILES string of the molecule is COC(=O)C1(/C=C/c2ccc3ccc([C@@H](C)NC(=O)OC(C)(C)C)nc3c2)COCCO1.C[C@@H](NC(=O)OC(C)(C)C)c1ccc2ccc(/C=C/C3(C(=O)O)COCCO3)cc2n1.[Li+].[OH-]. The molecule has 6 rings (SSSR count). The van der Waals surface area contributed by atoms with Gasteiger partial charge < -0.3 is 54.4 Å². The third kappa shape index (κ3) is 15.4. The average molecular weight is 895 g/mol. The van der Waals surface area contributed by atoms with Gasteiger partial charge in [-0.25, -0.2) is 19.2 Å². The quantitative estimate of drug-likeness (QED) is 0.114. The van der Waals surface area contributed by atoms with Crippen LogP contribution in [0.15, 0.2) is 72.8 Å². The molecule has 4 N–H and O–H groups in total. The summed E-state index contributed by atoms with van der Waals surface area (Å²) in [6.07, 6.45) is 5.65. The van der Waals surface area contributed by atoms with Crippen molar-refractivity contribution < 1.29 is 81.8 Å². The molecule has 4 aromatic rings. The molecule has 0 radical (unpaired) electrons. The minimum absolute atomic E-state index is 0. The predicted molar refractivity (Wildman–Crippen MR) is 238 cm³/mol. The van der Waals surface area contributed by atoms with E-state index in [9.17, 15) is 24.3 Å². The van der Waals surface area contributed by atoms with Crippen molar-refractivity contribution in [3.8, 4) is 0 Å². The second-order valence-electron chi connectivity index (χ2n) is 17.2. The van der Waals surface area contributed by atoms with E-state index in [-0.39, 0.29) is 56.2 Å². The fourth-order valence-corrected chi connectivity index (χ4v) is 6.41. The van der Waals surface area contributed by atoms with E-state index in [4.69, 9.17) is 38.1 Å². The fourth-order valence-electron chi connectivity index (χ4n) is 6.41. The molecule has 4 atom stereocenters. The number of rotatable bonds is 10. The maximum atomic E-state index is 12.3. The molecule has 18 heteroatoms. The van der Waals surface area contributed by atoms with Crippen molar-refractivity contribution in [1.29, 1.82) is 0 Å². The summed E-state index contributed by atoms with van der Waals surface area (Å²) in [5, 5.41) is 17.0. The van der Waals surface area contributed by atoms with Crippen molar-refractivity contribution in [2.45, 2.75) is 89.9 Å². The molecular weight excluding hydrogens is 835 g/mol. The van der Waals surface area contributed by atoms with Crippen LogP contribution in [0, 0.1) is 0 Å². The smallest absolute Gasteiger partial charge is 0.870 e. The summed E-state index contributed by atoms with van der Waals surface area (Å²) in [4.78, 5) is 57.4. The second-order valence-corrected chi connectivity index (χ2v) is 17.2. The van der Waals surface area contributed by atoms with Crippen LogP contribution in [0.5, 0.6) is 0 Å². The number of methoxy groups -OCH3 is 1. The Morgan fingerprint density at radius 1 is 0.677 bits per heavy atom. The molecule has 4 heterocycles. The summed E-state index contributed by atoms with van der Waals surface area (Å²) in [5.41, 5.74) is 0.589. The number of alkyl carbamates (subject to hydrolysis) is 2. The summed E-state index contributed by atoms with van der Waals surface area (Å²) in [7, 11) is 1.32. The Morgan fingerprint density at radius 3 is 1.45 bits per heavy atom. The Hall–Kier alpha value is -5.38. The van der Waals surface area contributed by atoms with Gasteiger partial charge in [-0.3, -0.25) is 9.97 Å². The van der Waals surface area contributed by atoms with Gasteiger partial charge in [0.05, 0.1) is 81.3 Å². The molecule has 2 fully saturated rings. The Balaban J connectivity index is 0.000000335. The first-order chi connectivity index (χ1) is 29.7. The van der Waals surface area contributed by atoms with Gasteiger partial charge in [-0.2, -0.15) is 0 Å². The molecule has 2 aromatic carbocycles. The Labute approximate surface area is 391 Å². The number of carboxylic acid groups (broad SMARTS) is 1. The topological polar surface area (TPSA) is 233 Å². The predicted octanol–water partition coefficient (Wildman–Crippen LogP) is 4.32. The number of aliphatic carboxylic acids is 1. The number of hydrogen-bond acceptors (Lipinski definition) is 14. The summed E-state index contributed by atoms with van der Waals surface area (Å²) in [6, 6.07) is 18.3. The van der Waals surface area contributed by atoms with Gasteiger partial charge >= 0.3 is 43.0 Å². The minimum Gasteiger partial charge on any atom is -0.870 e. The van der Waals surface area contributed by atoms with E-state index in [1.165, 1.54) is 13.2 Å². The molecule has 0 aliphatic carbocycles. The number of carboxylic acids is 1. The Kier molecular flexibility index (Phi) is 19.2. The molecule has 2 aliphatic heterocycles.